The first-order valence-corrected chi connectivity index (χ1v) is 5.97. The molecule has 8 nitrogen and oxygen atoms in total. The highest BCUT2D eigenvalue weighted by Crippen LogP contribution is 2.25. The van der Waals surface area contributed by atoms with Crippen LogP contribution in [0.25, 0.3) is 32.9 Å². The Bertz CT molecular complexity index is 877. The van der Waals surface area contributed by atoms with E-state index in [9.17, 15) is 10.1 Å². The Hall–Kier alpha value is -3.38. The first-order valence-electron chi connectivity index (χ1n) is 5.97. The Labute approximate surface area is 117 Å². The van der Waals surface area contributed by atoms with Crippen molar-refractivity contribution in [1.82, 2.24) is 9.97 Å². The zero-order chi connectivity index (χ0) is 14.8. The second-order valence-electron chi connectivity index (χ2n) is 4.28. The maximum absolute atomic E-state index is 10.8. The van der Waals surface area contributed by atoms with E-state index in [1.807, 2.05) is 0 Å². The van der Waals surface area contributed by atoms with Gasteiger partial charge in [-0.3, -0.25) is 10.1 Å². The summed E-state index contributed by atoms with van der Waals surface area (Å²) in [5, 5.41) is 14.2. The van der Waals surface area contributed by atoms with Crippen molar-refractivity contribution >= 4 is 22.4 Å². The molecule has 2 aromatic carbocycles. The predicted molar refractivity (Wildman–Crippen MR) is 77.0 cm³/mol. The molecule has 1 N–H and O–H groups in total. The van der Waals surface area contributed by atoms with Crippen molar-refractivity contribution in [2.45, 2.75) is 0 Å². The van der Waals surface area contributed by atoms with E-state index < -0.39 is 4.92 Å². The largest absolute Gasteiger partial charge is 0.338 e. The van der Waals surface area contributed by atoms with Crippen LogP contribution in [0.15, 0.2) is 47.6 Å². The number of nitro groups is 1. The smallest absolute Gasteiger partial charge is 0.271 e. The van der Waals surface area contributed by atoms with Crippen molar-refractivity contribution in [1.29, 1.82) is 0 Å². The number of nitrogens with one attached hydrogen (secondary N) is 1. The van der Waals surface area contributed by atoms with Crippen LogP contribution in [0.4, 0.5) is 11.4 Å². The zero-order valence-electron chi connectivity index (χ0n) is 10.6. The van der Waals surface area contributed by atoms with Crippen LogP contribution in [0.5, 0.6) is 0 Å². The van der Waals surface area contributed by atoms with Crippen molar-refractivity contribution in [3.05, 3.63) is 63.0 Å². The summed E-state index contributed by atoms with van der Waals surface area (Å²) in [5.74, 6) is 0.595. The molecule has 0 saturated heterocycles. The topological polar surface area (TPSA) is 121 Å². The number of aromatic amines is 1. The summed E-state index contributed by atoms with van der Waals surface area (Å²) in [6.45, 7) is 0. The lowest BCUT2D eigenvalue weighted by molar-refractivity contribution is -0.384. The standard InChI is InChI=1S/C13H8N6O2/c14-18-17-9-3-1-8(2-4-9)13-15-11-6-5-10(19(20)21)7-12(11)16-13/h1-7H,(H,15,16). The Morgan fingerprint density at radius 3 is 2.67 bits per heavy atom. The van der Waals surface area contributed by atoms with Crippen LogP contribution >= 0.6 is 0 Å². The number of nitrogens with zero attached hydrogens (tertiary/aromatic N) is 5. The number of nitro benzene ring substituents is 1. The highest BCUT2D eigenvalue weighted by atomic mass is 16.6. The molecule has 3 rings (SSSR count). The molecule has 0 atom stereocenters. The monoisotopic (exact) mass is 280 g/mol. The third-order valence-corrected chi connectivity index (χ3v) is 2.98. The summed E-state index contributed by atoms with van der Waals surface area (Å²) in [5.41, 5.74) is 10.9. The van der Waals surface area contributed by atoms with Crippen LogP contribution in [0.2, 0.25) is 0 Å². The quantitative estimate of drug-likeness (QED) is 0.256. The number of hydrogen-bond acceptors (Lipinski definition) is 4. The van der Waals surface area contributed by atoms with Gasteiger partial charge in [-0.15, -0.1) is 0 Å². The van der Waals surface area contributed by atoms with Crippen LogP contribution in [0.3, 0.4) is 0 Å². The minimum Gasteiger partial charge on any atom is -0.338 e. The van der Waals surface area contributed by atoms with Crippen LogP contribution in [0, 0.1) is 10.1 Å². The number of rotatable bonds is 3. The minimum absolute atomic E-state index is 0.0106. The molecule has 0 amide bonds. The van der Waals surface area contributed by atoms with Gasteiger partial charge in [-0.05, 0) is 11.6 Å². The molecule has 1 heterocycles. The van der Waals surface area contributed by atoms with E-state index in [2.05, 4.69) is 20.0 Å². The average molecular weight is 280 g/mol. The molecule has 0 unspecified atom stereocenters. The lowest BCUT2D eigenvalue weighted by Gasteiger charge is -1.96. The third kappa shape index (κ3) is 2.38. The van der Waals surface area contributed by atoms with Gasteiger partial charge in [0.15, 0.2) is 0 Å². The van der Waals surface area contributed by atoms with Gasteiger partial charge in [0.05, 0.1) is 16.0 Å². The molecular formula is C13H8N6O2. The molecule has 0 aliphatic heterocycles. The summed E-state index contributed by atoms with van der Waals surface area (Å²) in [4.78, 5) is 20.4. The van der Waals surface area contributed by atoms with E-state index in [1.165, 1.54) is 12.1 Å². The van der Waals surface area contributed by atoms with Gasteiger partial charge in [-0.1, -0.05) is 29.4 Å². The lowest BCUT2D eigenvalue weighted by Crippen LogP contribution is -1.86. The van der Waals surface area contributed by atoms with Gasteiger partial charge < -0.3 is 4.98 Å². The molecule has 0 aliphatic rings. The second-order valence-corrected chi connectivity index (χ2v) is 4.28. The first-order chi connectivity index (χ1) is 10.2. The summed E-state index contributed by atoms with van der Waals surface area (Å²) in [7, 11) is 0. The third-order valence-electron chi connectivity index (χ3n) is 2.98. The van der Waals surface area contributed by atoms with Gasteiger partial charge >= 0.3 is 0 Å². The number of hydrogen-bond donors (Lipinski definition) is 1. The van der Waals surface area contributed by atoms with Gasteiger partial charge in [-0.25, -0.2) is 4.98 Å². The van der Waals surface area contributed by atoms with Gasteiger partial charge in [0.2, 0.25) is 0 Å². The van der Waals surface area contributed by atoms with E-state index in [1.54, 1.807) is 30.3 Å². The molecule has 0 radical (unpaired) electrons. The summed E-state index contributed by atoms with van der Waals surface area (Å²) in [6, 6.07) is 11.3. The van der Waals surface area contributed by atoms with E-state index in [-0.39, 0.29) is 5.69 Å². The van der Waals surface area contributed by atoms with Gasteiger partial charge in [0.25, 0.3) is 5.69 Å². The molecular weight excluding hydrogens is 272 g/mol. The molecule has 3 aromatic rings. The Morgan fingerprint density at radius 2 is 2.00 bits per heavy atom. The van der Waals surface area contributed by atoms with Crippen LogP contribution in [-0.4, -0.2) is 14.9 Å². The van der Waals surface area contributed by atoms with Crippen molar-refractivity contribution in [3.8, 4) is 11.4 Å². The SMILES string of the molecule is [N-]=[N+]=Nc1ccc(-c2nc3ccc([N+](=O)[O-])cc3[nH]2)cc1. The van der Waals surface area contributed by atoms with E-state index in [0.29, 0.717) is 22.5 Å². The number of aromatic nitrogens is 2. The highest BCUT2D eigenvalue weighted by Gasteiger charge is 2.10. The van der Waals surface area contributed by atoms with E-state index in [0.717, 1.165) is 5.56 Å². The molecule has 1 aromatic heterocycles. The Balaban J connectivity index is 2.04. The fraction of sp³-hybridized carbons (Fsp3) is 0. The maximum atomic E-state index is 10.8. The maximum Gasteiger partial charge on any atom is 0.271 e. The fourth-order valence-corrected chi connectivity index (χ4v) is 1.99. The van der Waals surface area contributed by atoms with Crippen LogP contribution < -0.4 is 0 Å². The molecule has 0 spiro atoms. The number of H-pyrrole nitrogens is 1. The minimum atomic E-state index is -0.450. The molecule has 0 fully saturated rings. The van der Waals surface area contributed by atoms with Gasteiger partial charge in [0.1, 0.15) is 5.82 Å². The summed E-state index contributed by atoms with van der Waals surface area (Å²) < 4.78 is 0. The van der Waals surface area contributed by atoms with Crippen molar-refractivity contribution in [2.75, 3.05) is 0 Å². The summed E-state index contributed by atoms with van der Waals surface area (Å²) >= 11 is 0. The van der Waals surface area contributed by atoms with E-state index in [4.69, 9.17) is 5.53 Å². The van der Waals surface area contributed by atoms with Crippen LogP contribution in [0.1, 0.15) is 0 Å². The molecule has 102 valence electrons. The zero-order valence-corrected chi connectivity index (χ0v) is 10.6. The van der Waals surface area contributed by atoms with E-state index >= 15 is 0 Å². The molecule has 21 heavy (non-hydrogen) atoms. The predicted octanol–water partition coefficient (Wildman–Crippen LogP) is 4.08. The fourth-order valence-electron chi connectivity index (χ4n) is 1.99. The second kappa shape index (κ2) is 4.95. The average Bonchev–Trinajstić information content (AvgIpc) is 2.91. The van der Waals surface area contributed by atoms with Gasteiger partial charge in [0, 0.05) is 28.3 Å². The van der Waals surface area contributed by atoms with Crippen molar-refractivity contribution < 1.29 is 4.92 Å². The van der Waals surface area contributed by atoms with Crippen molar-refractivity contribution in [3.63, 3.8) is 0 Å². The number of azide groups is 1. The Morgan fingerprint density at radius 1 is 1.24 bits per heavy atom. The van der Waals surface area contributed by atoms with Gasteiger partial charge in [-0.2, -0.15) is 0 Å². The Kier molecular flexibility index (Phi) is 2.98. The lowest BCUT2D eigenvalue weighted by atomic mass is 10.2. The molecule has 0 saturated carbocycles. The van der Waals surface area contributed by atoms with Crippen molar-refractivity contribution in [2.24, 2.45) is 5.11 Å². The number of non-ortho nitro benzene ring substituents is 1. The molecule has 8 heteroatoms. The normalized spacial score (nSPS) is 10.3. The first kappa shape index (κ1) is 12.6. The number of fused-ring (bicyclic) bond motifs is 1. The number of benzene rings is 2. The van der Waals surface area contributed by atoms with Crippen LogP contribution in [-0.2, 0) is 0 Å². The highest BCUT2D eigenvalue weighted by molar-refractivity contribution is 5.81. The molecule has 0 aliphatic carbocycles. The molecule has 0 bridgehead atoms. The number of imidazole rings is 1. The summed E-state index contributed by atoms with van der Waals surface area (Å²) in [6.07, 6.45) is 0.